The van der Waals surface area contributed by atoms with Crippen LogP contribution in [-0.2, 0) is 4.74 Å². The fourth-order valence-corrected chi connectivity index (χ4v) is 3.17. The van der Waals surface area contributed by atoms with E-state index in [1.165, 1.54) is 25.7 Å². The lowest BCUT2D eigenvalue weighted by atomic mass is 9.80. The molecule has 3 rings (SSSR count). The molecular formula is C10H16O. The largest absolute Gasteiger partial charge is 0.378 e. The quantitative estimate of drug-likeness (QED) is 0.517. The monoisotopic (exact) mass is 152 g/mol. The van der Waals surface area contributed by atoms with E-state index in [2.05, 4.69) is 6.92 Å². The van der Waals surface area contributed by atoms with E-state index in [1.54, 1.807) is 0 Å². The first-order valence-corrected chi connectivity index (χ1v) is 4.91. The lowest BCUT2D eigenvalue weighted by molar-refractivity contribution is 0.0418. The van der Waals surface area contributed by atoms with Crippen molar-refractivity contribution in [2.24, 2.45) is 17.3 Å². The molecule has 62 valence electrons. The van der Waals surface area contributed by atoms with Gasteiger partial charge in [0.15, 0.2) is 0 Å². The Bertz CT molecular complexity index is 189. The fraction of sp³-hybridized carbons (Fsp3) is 1.00. The zero-order valence-electron chi connectivity index (χ0n) is 7.18. The van der Waals surface area contributed by atoms with Crippen LogP contribution in [0.1, 0.15) is 32.6 Å². The van der Waals surface area contributed by atoms with Crippen molar-refractivity contribution in [2.75, 3.05) is 6.61 Å². The van der Waals surface area contributed by atoms with E-state index in [9.17, 15) is 0 Å². The molecule has 11 heavy (non-hydrogen) atoms. The van der Waals surface area contributed by atoms with Gasteiger partial charge in [-0.25, -0.2) is 0 Å². The van der Waals surface area contributed by atoms with Gasteiger partial charge >= 0.3 is 0 Å². The Labute approximate surface area is 68.1 Å². The molecule has 2 aliphatic carbocycles. The minimum atomic E-state index is 0.675. The van der Waals surface area contributed by atoms with Crippen molar-refractivity contribution >= 4 is 0 Å². The topological polar surface area (TPSA) is 9.23 Å². The van der Waals surface area contributed by atoms with E-state index in [0.29, 0.717) is 11.5 Å². The van der Waals surface area contributed by atoms with Crippen LogP contribution in [0.3, 0.4) is 0 Å². The Morgan fingerprint density at radius 2 is 2.27 bits per heavy atom. The predicted molar refractivity (Wildman–Crippen MR) is 43.3 cm³/mol. The molecule has 1 aliphatic heterocycles. The van der Waals surface area contributed by atoms with Gasteiger partial charge in [0.1, 0.15) is 0 Å². The summed E-state index contributed by atoms with van der Waals surface area (Å²) in [6.45, 7) is 3.48. The van der Waals surface area contributed by atoms with Gasteiger partial charge in [0.25, 0.3) is 0 Å². The van der Waals surface area contributed by atoms with Crippen molar-refractivity contribution in [1.82, 2.24) is 0 Å². The van der Waals surface area contributed by atoms with Gasteiger partial charge in [0.05, 0.1) is 6.10 Å². The first-order chi connectivity index (χ1) is 5.30. The Kier molecular flexibility index (Phi) is 1.07. The van der Waals surface area contributed by atoms with Crippen molar-refractivity contribution in [2.45, 2.75) is 38.7 Å². The van der Waals surface area contributed by atoms with Crippen LogP contribution in [0.15, 0.2) is 0 Å². The molecule has 0 N–H and O–H groups in total. The summed E-state index contributed by atoms with van der Waals surface area (Å²) >= 11 is 0. The summed E-state index contributed by atoms with van der Waals surface area (Å²) in [6, 6.07) is 0. The van der Waals surface area contributed by atoms with Crippen LogP contribution < -0.4 is 0 Å². The van der Waals surface area contributed by atoms with Gasteiger partial charge < -0.3 is 4.74 Å². The summed E-state index contributed by atoms with van der Waals surface area (Å²) in [4.78, 5) is 0. The maximum absolute atomic E-state index is 5.78. The molecule has 0 aromatic carbocycles. The highest BCUT2D eigenvalue weighted by molar-refractivity contribution is 5.09. The van der Waals surface area contributed by atoms with E-state index in [1.807, 2.05) is 0 Å². The first-order valence-electron chi connectivity index (χ1n) is 4.91. The third-order valence-corrected chi connectivity index (χ3v) is 4.17. The van der Waals surface area contributed by atoms with Crippen LogP contribution in [0.4, 0.5) is 0 Å². The lowest BCUT2D eigenvalue weighted by Gasteiger charge is -2.27. The standard InChI is InChI=1S/C10H16O/c1-10-4-2-7-3-5-11-9(7)8(10)6-10/h7-9H,2-6H2,1H3. The van der Waals surface area contributed by atoms with Crippen molar-refractivity contribution in [3.63, 3.8) is 0 Å². The summed E-state index contributed by atoms with van der Waals surface area (Å²) < 4.78 is 5.78. The van der Waals surface area contributed by atoms with E-state index in [-0.39, 0.29) is 0 Å². The van der Waals surface area contributed by atoms with E-state index in [4.69, 9.17) is 4.74 Å². The van der Waals surface area contributed by atoms with E-state index >= 15 is 0 Å². The second-order valence-electron chi connectivity index (χ2n) is 4.89. The van der Waals surface area contributed by atoms with Crippen LogP contribution in [-0.4, -0.2) is 12.7 Å². The second kappa shape index (κ2) is 1.82. The first kappa shape index (κ1) is 6.47. The number of fused-ring (bicyclic) bond motifs is 3. The molecule has 2 saturated carbocycles. The third kappa shape index (κ3) is 0.752. The molecule has 0 radical (unpaired) electrons. The minimum Gasteiger partial charge on any atom is -0.378 e. The fourth-order valence-electron chi connectivity index (χ4n) is 3.17. The molecule has 0 aromatic heterocycles. The van der Waals surface area contributed by atoms with Crippen molar-refractivity contribution in [3.8, 4) is 0 Å². The number of ether oxygens (including phenoxy) is 1. The average molecular weight is 152 g/mol. The van der Waals surface area contributed by atoms with Crippen molar-refractivity contribution in [1.29, 1.82) is 0 Å². The number of hydrogen-bond donors (Lipinski definition) is 0. The summed E-state index contributed by atoms with van der Waals surface area (Å²) in [6.07, 6.45) is 6.39. The van der Waals surface area contributed by atoms with Crippen LogP contribution in [0.25, 0.3) is 0 Å². The Morgan fingerprint density at radius 3 is 3.18 bits per heavy atom. The SMILES string of the molecule is CC12CCC3CCOC3C1C2. The summed E-state index contributed by atoms with van der Waals surface area (Å²) in [7, 11) is 0. The maximum atomic E-state index is 5.78. The number of rotatable bonds is 0. The van der Waals surface area contributed by atoms with Gasteiger partial charge in [0.2, 0.25) is 0 Å². The minimum absolute atomic E-state index is 0.675. The average Bonchev–Trinajstić information content (AvgIpc) is 2.50. The molecule has 0 amide bonds. The van der Waals surface area contributed by atoms with Gasteiger partial charge in [-0.15, -0.1) is 0 Å². The maximum Gasteiger partial charge on any atom is 0.0637 e. The molecule has 4 unspecified atom stereocenters. The molecule has 3 aliphatic rings. The van der Waals surface area contributed by atoms with Crippen LogP contribution >= 0.6 is 0 Å². The molecule has 4 atom stereocenters. The van der Waals surface area contributed by atoms with Gasteiger partial charge in [-0.1, -0.05) is 6.92 Å². The van der Waals surface area contributed by atoms with Crippen LogP contribution in [0, 0.1) is 17.3 Å². The summed E-state index contributed by atoms with van der Waals surface area (Å²) in [5.41, 5.74) is 0.714. The highest BCUT2D eigenvalue weighted by Gasteiger charge is 2.59. The normalized spacial score (nSPS) is 60.3. The molecule has 1 heteroatoms. The molecular weight excluding hydrogens is 136 g/mol. The molecule has 0 spiro atoms. The Balaban J connectivity index is 1.84. The second-order valence-corrected chi connectivity index (χ2v) is 4.89. The van der Waals surface area contributed by atoms with Crippen LogP contribution in [0.2, 0.25) is 0 Å². The summed E-state index contributed by atoms with van der Waals surface area (Å²) in [5.74, 6) is 1.89. The molecule has 0 aromatic rings. The smallest absolute Gasteiger partial charge is 0.0637 e. The van der Waals surface area contributed by atoms with Crippen molar-refractivity contribution < 1.29 is 4.74 Å². The zero-order valence-corrected chi connectivity index (χ0v) is 7.18. The summed E-state index contributed by atoms with van der Waals surface area (Å²) in [5, 5.41) is 0. The highest BCUT2D eigenvalue weighted by Crippen LogP contribution is 2.64. The Morgan fingerprint density at radius 1 is 1.36 bits per heavy atom. The van der Waals surface area contributed by atoms with Crippen LogP contribution in [0.5, 0.6) is 0 Å². The van der Waals surface area contributed by atoms with Gasteiger partial charge in [-0.3, -0.25) is 0 Å². The van der Waals surface area contributed by atoms with E-state index in [0.717, 1.165) is 18.4 Å². The lowest BCUT2D eigenvalue weighted by Crippen LogP contribution is -2.26. The molecule has 1 nitrogen and oxygen atoms in total. The molecule has 1 heterocycles. The van der Waals surface area contributed by atoms with Crippen molar-refractivity contribution in [3.05, 3.63) is 0 Å². The molecule has 1 saturated heterocycles. The van der Waals surface area contributed by atoms with Gasteiger partial charge in [-0.05, 0) is 42.9 Å². The van der Waals surface area contributed by atoms with Gasteiger partial charge in [-0.2, -0.15) is 0 Å². The molecule has 3 fully saturated rings. The highest BCUT2D eigenvalue weighted by atomic mass is 16.5. The number of hydrogen-bond acceptors (Lipinski definition) is 1. The predicted octanol–water partition coefficient (Wildman–Crippen LogP) is 2.21. The Hall–Kier alpha value is -0.0400. The zero-order chi connectivity index (χ0) is 7.47. The van der Waals surface area contributed by atoms with Gasteiger partial charge in [0, 0.05) is 6.61 Å². The molecule has 0 bridgehead atoms. The third-order valence-electron chi connectivity index (χ3n) is 4.17. The van der Waals surface area contributed by atoms with E-state index < -0.39 is 0 Å².